The summed E-state index contributed by atoms with van der Waals surface area (Å²) in [6, 6.07) is 17.2. The van der Waals surface area contributed by atoms with Crippen molar-refractivity contribution in [3.8, 4) is 0 Å². The Morgan fingerprint density at radius 3 is 2.27 bits per heavy atom. The first kappa shape index (κ1) is 22.3. The predicted octanol–water partition coefficient (Wildman–Crippen LogP) is 3.82. The van der Waals surface area contributed by atoms with Crippen LogP contribution in [0, 0.1) is 0 Å². The maximum Gasteiger partial charge on any atom is 0.408 e. The first-order valence-electron chi connectivity index (χ1n) is 9.77. The number of amides is 1. The van der Waals surface area contributed by atoms with Crippen LogP contribution >= 0.6 is 0 Å². The summed E-state index contributed by atoms with van der Waals surface area (Å²) < 4.78 is 43.8. The van der Waals surface area contributed by atoms with Gasteiger partial charge in [0.15, 0.2) is 11.7 Å². The van der Waals surface area contributed by atoms with Crippen LogP contribution in [-0.4, -0.2) is 38.2 Å². The number of hydrogen-bond acceptors (Lipinski definition) is 6. The molecule has 0 radical (unpaired) electrons. The van der Waals surface area contributed by atoms with E-state index in [1.165, 1.54) is 12.1 Å². The standard InChI is InChI=1S/C22H27NO6S/c1-22(2,3)29-21(24)23-19(30(25,26)17-12-8-5-9-13-17)18-14-15-27-20(28-18)16-10-6-4-7-11-16/h4-13,18-20H,14-15H2,1-3H3,(H,23,24)/t18-,19?,20-/m1/s1. The van der Waals surface area contributed by atoms with Gasteiger partial charge in [0.25, 0.3) is 0 Å². The fourth-order valence-corrected chi connectivity index (χ4v) is 4.80. The van der Waals surface area contributed by atoms with Gasteiger partial charge >= 0.3 is 6.09 Å². The van der Waals surface area contributed by atoms with Crippen LogP contribution in [0.15, 0.2) is 65.6 Å². The molecule has 7 nitrogen and oxygen atoms in total. The van der Waals surface area contributed by atoms with E-state index in [1.807, 2.05) is 30.3 Å². The van der Waals surface area contributed by atoms with Crippen molar-refractivity contribution in [3.05, 3.63) is 66.2 Å². The highest BCUT2D eigenvalue weighted by Gasteiger charge is 2.41. The minimum atomic E-state index is -3.95. The Labute approximate surface area is 177 Å². The molecule has 0 saturated carbocycles. The van der Waals surface area contributed by atoms with Crippen molar-refractivity contribution in [1.29, 1.82) is 0 Å². The van der Waals surface area contributed by atoms with E-state index in [-0.39, 0.29) is 4.90 Å². The zero-order valence-electron chi connectivity index (χ0n) is 17.3. The fourth-order valence-electron chi connectivity index (χ4n) is 3.12. The van der Waals surface area contributed by atoms with Crippen LogP contribution < -0.4 is 5.32 Å². The molecular weight excluding hydrogens is 406 g/mol. The highest BCUT2D eigenvalue weighted by atomic mass is 32.2. The lowest BCUT2D eigenvalue weighted by Gasteiger charge is -2.35. The lowest BCUT2D eigenvalue weighted by molar-refractivity contribution is -0.218. The summed E-state index contributed by atoms with van der Waals surface area (Å²) in [7, 11) is -3.95. The minimum Gasteiger partial charge on any atom is -0.444 e. The van der Waals surface area contributed by atoms with Gasteiger partial charge in [-0.2, -0.15) is 0 Å². The van der Waals surface area contributed by atoms with Gasteiger partial charge in [0.1, 0.15) is 5.60 Å². The number of carbonyl (C=O) groups is 1. The molecule has 3 atom stereocenters. The normalized spacial score (nSPS) is 20.9. The minimum absolute atomic E-state index is 0.0948. The summed E-state index contributed by atoms with van der Waals surface area (Å²) in [5.74, 6) is 0. The van der Waals surface area contributed by atoms with Gasteiger partial charge in [-0.25, -0.2) is 13.2 Å². The van der Waals surface area contributed by atoms with Gasteiger partial charge in [-0.1, -0.05) is 48.5 Å². The quantitative estimate of drug-likeness (QED) is 0.771. The predicted molar refractivity (Wildman–Crippen MR) is 111 cm³/mol. The second-order valence-corrected chi connectivity index (χ2v) is 10.1. The molecule has 30 heavy (non-hydrogen) atoms. The lowest BCUT2D eigenvalue weighted by Crippen LogP contribution is -2.52. The molecule has 0 aliphatic carbocycles. The molecule has 1 saturated heterocycles. The Balaban J connectivity index is 1.89. The van der Waals surface area contributed by atoms with Crippen LogP contribution in [-0.2, 0) is 24.0 Å². The van der Waals surface area contributed by atoms with Gasteiger partial charge in [0.2, 0.25) is 9.84 Å². The molecule has 0 spiro atoms. The molecule has 1 N–H and O–H groups in total. The molecule has 1 amide bonds. The Morgan fingerprint density at radius 1 is 1.07 bits per heavy atom. The van der Waals surface area contributed by atoms with Crippen LogP contribution in [0.25, 0.3) is 0 Å². The molecule has 8 heteroatoms. The number of sulfone groups is 1. The molecule has 1 aliphatic heterocycles. The summed E-state index contributed by atoms with van der Waals surface area (Å²) in [5.41, 5.74) is 0.00386. The summed E-state index contributed by atoms with van der Waals surface area (Å²) in [6.07, 6.45) is -2.06. The first-order chi connectivity index (χ1) is 14.2. The van der Waals surface area contributed by atoms with Crippen molar-refractivity contribution in [1.82, 2.24) is 5.32 Å². The maximum absolute atomic E-state index is 13.4. The van der Waals surface area contributed by atoms with E-state index in [4.69, 9.17) is 14.2 Å². The molecule has 2 aromatic carbocycles. The van der Waals surface area contributed by atoms with Gasteiger partial charge in [0.05, 0.1) is 17.6 Å². The highest BCUT2D eigenvalue weighted by Crippen LogP contribution is 2.30. The first-order valence-corrected chi connectivity index (χ1v) is 11.3. The largest absolute Gasteiger partial charge is 0.444 e. The second-order valence-electron chi connectivity index (χ2n) is 8.00. The SMILES string of the molecule is CC(C)(C)OC(=O)NC([C@H]1CCO[C@@H](c2ccccc2)O1)S(=O)(=O)c1ccccc1. The van der Waals surface area contributed by atoms with Crippen LogP contribution in [0.1, 0.15) is 39.0 Å². The number of rotatable bonds is 5. The lowest BCUT2D eigenvalue weighted by atomic mass is 10.2. The second kappa shape index (κ2) is 9.16. The van der Waals surface area contributed by atoms with Crippen molar-refractivity contribution in [2.45, 2.75) is 55.5 Å². The van der Waals surface area contributed by atoms with E-state index in [9.17, 15) is 13.2 Å². The van der Waals surface area contributed by atoms with Gasteiger partial charge < -0.3 is 19.5 Å². The number of benzene rings is 2. The van der Waals surface area contributed by atoms with Gasteiger partial charge in [-0.05, 0) is 32.9 Å². The van der Waals surface area contributed by atoms with Gasteiger partial charge in [-0.15, -0.1) is 0 Å². The molecule has 3 rings (SSSR count). The Hall–Kier alpha value is -2.42. The number of hydrogen-bond donors (Lipinski definition) is 1. The Kier molecular flexibility index (Phi) is 6.80. The van der Waals surface area contributed by atoms with E-state index in [1.54, 1.807) is 39.0 Å². The third-order valence-electron chi connectivity index (χ3n) is 4.44. The molecule has 1 unspecified atom stereocenters. The van der Waals surface area contributed by atoms with Crippen molar-refractivity contribution in [3.63, 3.8) is 0 Å². The van der Waals surface area contributed by atoms with E-state index < -0.39 is 39.3 Å². The number of ether oxygens (including phenoxy) is 3. The molecule has 1 fully saturated rings. The van der Waals surface area contributed by atoms with Crippen LogP contribution in [0.4, 0.5) is 4.79 Å². The third-order valence-corrected chi connectivity index (χ3v) is 6.46. The van der Waals surface area contributed by atoms with Crippen LogP contribution in [0.2, 0.25) is 0 Å². The Morgan fingerprint density at radius 2 is 1.67 bits per heavy atom. The maximum atomic E-state index is 13.4. The molecule has 1 aliphatic rings. The summed E-state index contributed by atoms with van der Waals surface area (Å²) in [6.45, 7) is 5.43. The monoisotopic (exact) mass is 433 g/mol. The summed E-state index contributed by atoms with van der Waals surface area (Å²) in [4.78, 5) is 12.6. The molecule has 0 bridgehead atoms. The zero-order valence-corrected chi connectivity index (χ0v) is 18.1. The number of nitrogens with one attached hydrogen (secondary N) is 1. The van der Waals surface area contributed by atoms with Crippen LogP contribution in [0.5, 0.6) is 0 Å². The molecular formula is C22H27NO6S. The van der Waals surface area contributed by atoms with Crippen LogP contribution in [0.3, 0.4) is 0 Å². The summed E-state index contributed by atoms with van der Waals surface area (Å²) in [5, 5.41) is 1.20. The average molecular weight is 434 g/mol. The third kappa shape index (κ3) is 5.59. The van der Waals surface area contributed by atoms with Crippen molar-refractivity contribution >= 4 is 15.9 Å². The smallest absolute Gasteiger partial charge is 0.408 e. The van der Waals surface area contributed by atoms with E-state index in [0.29, 0.717) is 13.0 Å². The Bertz CT molecular complexity index is 941. The summed E-state index contributed by atoms with van der Waals surface area (Å²) >= 11 is 0. The topological polar surface area (TPSA) is 90.9 Å². The zero-order chi connectivity index (χ0) is 21.8. The van der Waals surface area contributed by atoms with Crippen molar-refractivity contribution in [2.75, 3.05) is 6.61 Å². The number of alkyl carbamates (subject to hydrolysis) is 1. The van der Waals surface area contributed by atoms with Crippen molar-refractivity contribution < 1.29 is 27.4 Å². The molecule has 162 valence electrons. The van der Waals surface area contributed by atoms with Gasteiger partial charge in [-0.3, -0.25) is 0 Å². The van der Waals surface area contributed by atoms with Gasteiger partial charge in [0, 0.05) is 12.0 Å². The molecule has 1 heterocycles. The fraction of sp³-hybridized carbons (Fsp3) is 0.409. The van der Waals surface area contributed by atoms with E-state index in [0.717, 1.165) is 5.56 Å². The van der Waals surface area contributed by atoms with Crippen molar-refractivity contribution in [2.24, 2.45) is 0 Å². The van der Waals surface area contributed by atoms with E-state index in [2.05, 4.69) is 5.32 Å². The van der Waals surface area contributed by atoms with E-state index >= 15 is 0 Å². The highest BCUT2D eigenvalue weighted by molar-refractivity contribution is 7.92. The number of carbonyl (C=O) groups excluding carboxylic acids is 1. The molecule has 2 aromatic rings. The molecule has 0 aromatic heterocycles. The average Bonchev–Trinajstić information content (AvgIpc) is 2.72.